The van der Waals surface area contributed by atoms with Gasteiger partial charge in [0.05, 0.1) is 18.8 Å². The number of rotatable bonds is 6. The van der Waals surface area contributed by atoms with E-state index in [1.54, 1.807) is 0 Å². The molecule has 1 aliphatic rings. The molecule has 2 aromatic rings. The lowest BCUT2D eigenvalue weighted by Gasteiger charge is -2.36. The zero-order chi connectivity index (χ0) is 20.8. The summed E-state index contributed by atoms with van der Waals surface area (Å²) in [5.74, 6) is 1.39. The number of hydrogen-bond acceptors (Lipinski definition) is 3. The average Bonchev–Trinajstić information content (AvgIpc) is 3.02. The van der Waals surface area contributed by atoms with Gasteiger partial charge in [-0.15, -0.1) is 0 Å². The minimum atomic E-state index is 0.0842. The summed E-state index contributed by atoms with van der Waals surface area (Å²) >= 11 is 0. The normalized spacial score (nSPS) is 18.7. The topological polar surface area (TPSA) is 54.7 Å². The Balaban J connectivity index is 1.66. The van der Waals surface area contributed by atoms with Crippen LogP contribution in [0.1, 0.15) is 42.5 Å². The van der Waals surface area contributed by atoms with Crippen LogP contribution in [-0.2, 0) is 11.3 Å². The van der Waals surface area contributed by atoms with Crippen molar-refractivity contribution in [3.8, 4) is 0 Å². The third kappa shape index (κ3) is 5.60. The summed E-state index contributed by atoms with van der Waals surface area (Å²) in [6, 6.07) is 10.6. The summed E-state index contributed by atoms with van der Waals surface area (Å²) in [5.41, 5.74) is 4.83. The third-order valence-corrected chi connectivity index (χ3v) is 5.38. The second kappa shape index (κ2) is 9.92. The summed E-state index contributed by atoms with van der Waals surface area (Å²) in [6.07, 6.45) is 0.0842. The standard InChI is InChI=1S/C23H35N5O/c1-6-24-23(25-14-17(2)15-28-20(5)13-19(4)26-28)27-11-12-29-22(16-27)21-10-8-7-9-18(21)3/h7-10,13,17,22H,6,11-12,14-16H2,1-5H3,(H,24,25). The quantitative estimate of drug-likeness (QED) is 0.599. The highest BCUT2D eigenvalue weighted by Crippen LogP contribution is 2.25. The minimum absolute atomic E-state index is 0.0842. The summed E-state index contributed by atoms with van der Waals surface area (Å²) in [5, 5.41) is 8.05. The number of hydrogen-bond donors (Lipinski definition) is 1. The smallest absolute Gasteiger partial charge is 0.194 e. The van der Waals surface area contributed by atoms with E-state index in [1.807, 2.05) is 6.92 Å². The van der Waals surface area contributed by atoms with Crippen molar-refractivity contribution in [3.63, 3.8) is 0 Å². The van der Waals surface area contributed by atoms with Crippen molar-refractivity contribution in [3.05, 3.63) is 52.8 Å². The van der Waals surface area contributed by atoms with E-state index in [4.69, 9.17) is 9.73 Å². The number of guanidine groups is 1. The highest BCUT2D eigenvalue weighted by molar-refractivity contribution is 5.80. The number of aromatic nitrogens is 2. The molecule has 0 spiro atoms. The van der Waals surface area contributed by atoms with Crippen LogP contribution in [0.15, 0.2) is 35.3 Å². The van der Waals surface area contributed by atoms with Gasteiger partial charge in [0.1, 0.15) is 6.10 Å². The number of aryl methyl sites for hydroxylation is 3. The van der Waals surface area contributed by atoms with Crippen LogP contribution in [0.3, 0.4) is 0 Å². The second-order valence-electron chi connectivity index (χ2n) is 8.07. The van der Waals surface area contributed by atoms with E-state index >= 15 is 0 Å². The van der Waals surface area contributed by atoms with Gasteiger partial charge in [-0.3, -0.25) is 9.67 Å². The van der Waals surface area contributed by atoms with Crippen LogP contribution in [0.25, 0.3) is 0 Å². The van der Waals surface area contributed by atoms with Gasteiger partial charge in [-0.25, -0.2) is 0 Å². The Bertz CT molecular complexity index is 828. The van der Waals surface area contributed by atoms with Gasteiger partial charge in [-0.2, -0.15) is 5.10 Å². The van der Waals surface area contributed by atoms with Gasteiger partial charge in [-0.05, 0) is 50.8 Å². The van der Waals surface area contributed by atoms with Crippen molar-refractivity contribution in [2.75, 3.05) is 32.8 Å². The molecule has 1 N–H and O–H groups in total. The summed E-state index contributed by atoms with van der Waals surface area (Å²) in [4.78, 5) is 7.29. The van der Waals surface area contributed by atoms with Gasteiger partial charge in [0, 0.05) is 31.9 Å². The van der Waals surface area contributed by atoms with Gasteiger partial charge in [0.15, 0.2) is 5.96 Å². The monoisotopic (exact) mass is 397 g/mol. The Morgan fingerprint density at radius 3 is 2.79 bits per heavy atom. The predicted octanol–water partition coefficient (Wildman–Crippen LogP) is 3.48. The molecule has 29 heavy (non-hydrogen) atoms. The SMILES string of the molecule is CCNC(=NCC(C)Cn1nc(C)cc1C)N1CCOC(c2ccccc2C)C1. The number of nitrogens with one attached hydrogen (secondary N) is 1. The molecule has 2 atom stereocenters. The van der Waals surface area contributed by atoms with Crippen LogP contribution in [0.5, 0.6) is 0 Å². The first-order chi connectivity index (χ1) is 14.0. The molecular weight excluding hydrogens is 362 g/mol. The number of morpholine rings is 1. The van der Waals surface area contributed by atoms with Crippen molar-refractivity contribution < 1.29 is 4.74 Å². The maximum atomic E-state index is 6.09. The molecule has 1 fully saturated rings. The maximum Gasteiger partial charge on any atom is 0.194 e. The van der Waals surface area contributed by atoms with E-state index in [-0.39, 0.29) is 6.10 Å². The van der Waals surface area contributed by atoms with Crippen LogP contribution in [0.2, 0.25) is 0 Å². The van der Waals surface area contributed by atoms with Crippen molar-refractivity contribution in [2.24, 2.45) is 10.9 Å². The number of benzene rings is 1. The van der Waals surface area contributed by atoms with Gasteiger partial charge in [0.25, 0.3) is 0 Å². The van der Waals surface area contributed by atoms with E-state index in [1.165, 1.54) is 16.8 Å². The molecule has 1 aromatic heterocycles. The minimum Gasteiger partial charge on any atom is -0.370 e. The molecule has 6 heteroatoms. The molecule has 1 aliphatic heterocycles. The van der Waals surface area contributed by atoms with E-state index in [2.05, 4.69) is 78.0 Å². The van der Waals surface area contributed by atoms with E-state index in [9.17, 15) is 0 Å². The van der Waals surface area contributed by atoms with Crippen molar-refractivity contribution in [2.45, 2.75) is 47.3 Å². The van der Waals surface area contributed by atoms with Crippen LogP contribution >= 0.6 is 0 Å². The van der Waals surface area contributed by atoms with E-state index in [0.717, 1.165) is 44.4 Å². The third-order valence-electron chi connectivity index (χ3n) is 5.38. The predicted molar refractivity (Wildman–Crippen MR) is 118 cm³/mol. The molecule has 0 aliphatic carbocycles. The summed E-state index contributed by atoms with van der Waals surface area (Å²) in [7, 11) is 0. The van der Waals surface area contributed by atoms with Crippen LogP contribution in [0.4, 0.5) is 0 Å². The molecule has 1 aromatic carbocycles. The van der Waals surface area contributed by atoms with Gasteiger partial charge in [-0.1, -0.05) is 31.2 Å². The highest BCUT2D eigenvalue weighted by Gasteiger charge is 2.25. The largest absolute Gasteiger partial charge is 0.370 e. The van der Waals surface area contributed by atoms with Crippen molar-refractivity contribution in [1.29, 1.82) is 0 Å². The Morgan fingerprint density at radius 1 is 1.31 bits per heavy atom. The first-order valence-electron chi connectivity index (χ1n) is 10.7. The van der Waals surface area contributed by atoms with Crippen LogP contribution in [0, 0.1) is 26.7 Å². The molecule has 0 bridgehead atoms. The number of ether oxygens (including phenoxy) is 1. The Hall–Kier alpha value is -2.34. The average molecular weight is 398 g/mol. The van der Waals surface area contributed by atoms with Crippen LogP contribution < -0.4 is 5.32 Å². The molecule has 0 radical (unpaired) electrons. The molecule has 2 unspecified atom stereocenters. The fourth-order valence-electron chi connectivity index (χ4n) is 3.86. The van der Waals surface area contributed by atoms with Crippen molar-refractivity contribution >= 4 is 5.96 Å². The highest BCUT2D eigenvalue weighted by atomic mass is 16.5. The Kier molecular flexibility index (Phi) is 7.31. The van der Waals surface area contributed by atoms with Gasteiger partial charge >= 0.3 is 0 Å². The Labute approximate surface area is 175 Å². The van der Waals surface area contributed by atoms with E-state index in [0.29, 0.717) is 12.5 Å². The fourth-order valence-corrected chi connectivity index (χ4v) is 3.86. The summed E-state index contributed by atoms with van der Waals surface area (Å²) in [6.45, 7) is 15.6. The molecule has 0 amide bonds. The zero-order valence-electron chi connectivity index (χ0n) is 18.5. The molecule has 2 heterocycles. The van der Waals surface area contributed by atoms with Gasteiger partial charge < -0.3 is 15.0 Å². The maximum absolute atomic E-state index is 6.09. The summed E-state index contributed by atoms with van der Waals surface area (Å²) < 4.78 is 8.18. The number of aliphatic imine (C=N–C) groups is 1. The zero-order valence-corrected chi connectivity index (χ0v) is 18.5. The molecule has 158 valence electrons. The van der Waals surface area contributed by atoms with E-state index < -0.39 is 0 Å². The first-order valence-corrected chi connectivity index (χ1v) is 10.7. The first kappa shape index (κ1) is 21.4. The fraction of sp³-hybridized carbons (Fsp3) is 0.565. The lowest BCUT2D eigenvalue weighted by atomic mass is 10.0. The molecule has 0 saturated carbocycles. The van der Waals surface area contributed by atoms with Crippen molar-refractivity contribution in [1.82, 2.24) is 20.0 Å². The molecular formula is C23H35N5O. The molecule has 3 rings (SSSR count). The van der Waals surface area contributed by atoms with Gasteiger partial charge in [0.2, 0.25) is 0 Å². The molecule has 6 nitrogen and oxygen atoms in total. The molecule has 1 saturated heterocycles. The van der Waals surface area contributed by atoms with Crippen LogP contribution in [-0.4, -0.2) is 53.4 Å². The Morgan fingerprint density at radius 2 is 2.10 bits per heavy atom. The lowest BCUT2D eigenvalue weighted by molar-refractivity contribution is -0.00835. The number of nitrogens with zero attached hydrogens (tertiary/aromatic N) is 4. The lowest BCUT2D eigenvalue weighted by Crippen LogP contribution is -2.48. The second-order valence-corrected chi connectivity index (χ2v) is 8.07.